The van der Waals surface area contributed by atoms with Gasteiger partial charge in [0, 0.05) is 24.7 Å². The molecule has 2 aromatic heterocycles. The molecule has 0 atom stereocenters. The maximum absolute atomic E-state index is 13.6. The van der Waals surface area contributed by atoms with Gasteiger partial charge in [0.15, 0.2) is 0 Å². The largest absolute Gasteiger partial charge is 0.417 e. The van der Waals surface area contributed by atoms with E-state index < -0.39 is 21.8 Å². The SMILES string of the molecule is Cc1cc(C(F)(F)F)c2c(C3CCN(S(=O)(=O)C4CCCCC4)CC3)noc2n1. The molecule has 1 aliphatic heterocycles. The van der Waals surface area contributed by atoms with Gasteiger partial charge in [-0.05, 0) is 38.7 Å². The lowest BCUT2D eigenvalue weighted by atomic mass is 9.91. The second kappa shape index (κ2) is 7.54. The van der Waals surface area contributed by atoms with Crippen molar-refractivity contribution in [1.29, 1.82) is 0 Å². The smallest absolute Gasteiger partial charge is 0.336 e. The predicted octanol–water partition coefficient (Wildman–Crippen LogP) is 4.39. The molecule has 3 heterocycles. The van der Waals surface area contributed by atoms with Crippen LogP contribution in [-0.4, -0.2) is 41.2 Å². The molecule has 0 spiro atoms. The molecule has 2 aromatic rings. The molecular formula is C19H24F3N3O3S. The minimum Gasteiger partial charge on any atom is -0.336 e. The fourth-order valence-corrected chi connectivity index (χ4v) is 6.63. The van der Waals surface area contributed by atoms with Crippen LogP contribution in [0.4, 0.5) is 13.2 Å². The van der Waals surface area contributed by atoms with Gasteiger partial charge in [0.25, 0.3) is 5.71 Å². The molecule has 2 fully saturated rings. The van der Waals surface area contributed by atoms with Gasteiger partial charge in [-0.25, -0.2) is 17.7 Å². The van der Waals surface area contributed by atoms with Gasteiger partial charge in [0.2, 0.25) is 10.0 Å². The van der Waals surface area contributed by atoms with E-state index >= 15 is 0 Å². The van der Waals surface area contributed by atoms with Crippen molar-refractivity contribution in [2.45, 2.75) is 69.2 Å². The Morgan fingerprint density at radius 2 is 1.76 bits per heavy atom. The van der Waals surface area contributed by atoms with E-state index in [0.717, 1.165) is 25.3 Å². The Morgan fingerprint density at radius 1 is 1.10 bits per heavy atom. The van der Waals surface area contributed by atoms with Crippen LogP contribution in [0.2, 0.25) is 0 Å². The Hall–Kier alpha value is -1.68. The molecular weight excluding hydrogens is 407 g/mol. The highest BCUT2D eigenvalue weighted by Gasteiger charge is 2.39. The molecule has 29 heavy (non-hydrogen) atoms. The van der Waals surface area contributed by atoms with Crippen LogP contribution in [0.1, 0.15) is 67.8 Å². The number of alkyl halides is 3. The Bertz CT molecular complexity index is 989. The van der Waals surface area contributed by atoms with E-state index in [1.807, 2.05) is 0 Å². The van der Waals surface area contributed by atoms with Crippen molar-refractivity contribution in [3.63, 3.8) is 0 Å². The van der Waals surface area contributed by atoms with Gasteiger partial charge in [-0.15, -0.1) is 0 Å². The molecule has 0 bridgehead atoms. The first-order valence-electron chi connectivity index (χ1n) is 10.0. The van der Waals surface area contributed by atoms with E-state index in [-0.39, 0.29) is 33.7 Å². The van der Waals surface area contributed by atoms with Crippen molar-refractivity contribution in [2.75, 3.05) is 13.1 Å². The van der Waals surface area contributed by atoms with Crippen LogP contribution < -0.4 is 0 Å². The first-order valence-corrected chi connectivity index (χ1v) is 11.5. The minimum absolute atomic E-state index is 0.100. The number of sulfonamides is 1. The van der Waals surface area contributed by atoms with Gasteiger partial charge in [-0.3, -0.25) is 0 Å². The van der Waals surface area contributed by atoms with E-state index in [9.17, 15) is 21.6 Å². The van der Waals surface area contributed by atoms with Gasteiger partial charge in [-0.2, -0.15) is 13.2 Å². The van der Waals surface area contributed by atoms with Crippen LogP contribution in [0, 0.1) is 6.92 Å². The highest BCUT2D eigenvalue weighted by atomic mass is 32.2. The summed E-state index contributed by atoms with van der Waals surface area (Å²) < 4.78 is 73.1. The molecule has 4 rings (SSSR count). The van der Waals surface area contributed by atoms with Crippen molar-refractivity contribution in [2.24, 2.45) is 0 Å². The molecule has 2 aliphatic rings. The average Bonchev–Trinajstić information content (AvgIpc) is 3.11. The zero-order valence-electron chi connectivity index (χ0n) is 16.2. The molecule has 0 aromatic carbocycles. The molecule has 0 amide bonds. The number of pyridine rings is 1. The topological polar surface area (TPSA) is 76.3 Å². The van der Waals surface area contributed by atoms with Gasteiger partial charge in [0.1, 0.15) is 0 Å². The van der Waals surface area contributed by atoms with Crippen molar-refractivity contribution in [1.82, 2.24) is 14.4 Å². The Morgan fingerprint density at radius 3 is 2.38 bits per heavy atom. The highest BCUT2D eigenvalue weighted by Crippen LogP contribution is 2.41. The van der Waals surface area contributed by atoms with Gasteiger partial charge in [0.05, 0.1) is 21.9 Å². The molecule has 6 nitrogen and oxygen atoms in total. The number of fused-ring (bicyclic) bond motifs is 1. The van der Waals surface area contributed by atoms with Crippen LogP contribution in [0.15, 0.2) is 10.6 Å². The summed E-state index contributed by atoms with van der Waals surface area (Å²) in [7, 11) is -3.36. The Kier molecular flexibility index (Phi) is 5.35. The standard InChI is InChI=1S/C19H24F3N3O3S/c1-12-11-15(19(20,21)22)16-17(24-28-18(16)23-12)13-7-9-25(10-8-13)29(26,27)14-5-3-2-4-6-14/h11,13-14H,2-10H2,1H3. The number of rotatable bonds is 3. The number of piperidine rings is 1. The van der Waals surface area contributed by atoms with Gasteiger partial charge >= 0.3 is 6.18 Å². The number of hydrogen-bond acceptors (Lipinski definition) is 5. The molecule has 10 heteroatoms. The van der Waals surface area contributed by atoms with Gasteiger partial charge in [-0.1, -0.05) is 24.4 Å². The summed E-state index contributed by atoms with van der Waals surface area (Å²) in [5.74, 6) is -0.292. The lowest BCUT2D eigenvalue weighted by molar-refractivity contribution is -0.136. The van der Waals surface area contributed by atoms with Crippen LogP contribution in [0.3, 0.4) is 0 Å². The molecule has 1 aliphatic carbocycles. The zero-order valence-corrected chi connectivity index (χ0v) is 17.0. The third-order valence-corrected chi connectivity index (χ3v) is 8.48. The average molecular weight is 431 g/mol. The highest BCUT2D eigenvalue weighted by molar-refractivity contribution is 7.89. The summed E-state index contributed by atoms with van der Waals surface area (Å²) in [4.78, 5) is 4.05. The molecule has 1 saturated carbocycles. The van der Waals surface area contributed by atoms with E-state index in [1.54, 1.807) is 0 Å². The summed E-state index contributed by atoms with van der Waals surface area (Å²) in [6.45, 7) is 2.06. The number of aryl methyl sites for hydroxylation is 1. The predicted molar refractivity (Wildman–Crippen MR) is 101 cm³/mol. The maximum atomic E-state index is 13.6. The van der Waals surface area contributed by atoms with Crippen LogP contribution >= 0.6 is 0 Å². The quantitative estimate of drug-likeness (QED) is 0.720. The molecule has 160 valence electrons. The summed E-state index contributed by atoms with van der Waals surface area (Å²) in [6.07, 6.45) is 0.597. The summed E-state index contributed by atoms with van der Waals surface area (Å²) in [5.41, 5.74) is -0.478. The van der Waals surface area contributed by atoms with Crippen molar-refractivity contribution < 1.29 is 26.1 Å². The number of halogens is 3. The molecule has 0 N–H and O–H groups in total. The van der Waals surface area contributed by atoms with Gasteiger partial charge < -0.3 is 4.52 Å². The summed E-state index contributed by atoms with van der Waals surface area (Å²) in [6, 6.07) is 1.01. The fraction of sp³-hybridized carbons (Fsp3) is 0.684. The number of hydrogen-bond donors (Lipinski definition) is 0. The fourth-order valence-electron chi connectivity index (χ4n) is 4.56. The van der Waals surface area contributed by atoms with E-state index in [2.05, 4.69) is 10.1 Å². The number of nitrogens with zero attached hydrogens (tertiary/aromatic N) is 3. The Labute approximate surface area is 167 Å². The third kappa shape index (κ3) is 3.88. The number of aromatic nitrogens is 2. The van der Waals surface area contributed by atoms with Crippen LogP contribution in [0.5, 0.6) is 0 Å². The Balaban J connectivity index is 1.57. The second-order valence-corrected chi connectivity index (χ2v) is 10.2. The monoisotopic (exact) mass is 431 g/mol. The van der Waals surface area contributed by atoms with E-state index in [0.29, 0.717) is 38.8 Å². The lowest BCUT2D eigenvalue weighted by Crippen LogP contribution is -2.43. The van der Waals surface area contributed by atoms with Crippen molar-refractivity contribution >= 4 is 21.1 Å². The van der Waals surface area contributed by atoms with Crippen LogP contribution in [0.25, 0.3) is 11.1 Å². The minimum atomic E-state index is -4.54. The zero-order chi connectivity index (χ0) is 20.8. The molecule has 0 unspecified atom stereocenters. The molecule has 0 radical (unpaired) electrons. The first-order chi connectivity index (χ1) is 13.7. The lowest BCUT2D eigenvalue weighted by Gasteiger charge is -2.34. The van der Waals surface area contributed by atoms with E-state index in [1.165, 1.54) is 11.2 Å². The third-order valence-electron chi connectivity index (χ3n) is 6.08. The maximum Gasteiger partial charge on any atom is 0.417 e. The van der Waals surface area contributed by atoms with Crippen molar-refractivity contribution in [3.8, 4) is 0 Å². The summed E-state index contributed by atoms with van der Waals surface area (Å²) in [5, 5.41) is 3.48. The normalized spacial score (nSPS) is 21.1. The second-order valence-electron chi connectivity index (χ2n) is 8.04. The van der Waals surface area contributed by atoms with Crippen LogP contribution in [-0.2, 0) is 16.2 Å². The van der Waals surface area contributed by atoms with E-state index in [4.69, 9.17) is 4.52 Å². The molecule has 1 saturated heterocycles. The van der Waals surface area contributed by atoms with Crippen molar-refractivity contribution in [3.05, 3.63) is 23.0 Å². The first kappa shape index (κ1) is 20.6. The summed E-state index contributed by atoms with van der Waals surface area (Å²) >= 11 is 0.